The van der Waals surface area contributed by atoms with Crippen LogP contribution in [0, 0.1) is 0 Å². The smallest absolute Gasteiger partial charge is 0.242 e. The van der Waals surface area contributed by atoms with Crippen LogP contribution in [0.5, 0.6) is 0 Å². The van der Waals surface area contributed by atoms with Crippen LogP contribution in [0.3, 0.4) is 0 Å². The lowest BCUT2D eigenvalue weighted by Crippen LogP contribution is -2.49. The zero-order chi connectivity index (χ0) is 13.9. The topological polar surface area (TPSA) is 93.4 Å². The second-order valence-electron chi connectivity index (χ2n) is 4.71. The minimum Gasteiger partial charge on any atom is -0.377 e. The number of sulfonamides is 1. The summed E-state index contributed by atoms with van der Waals surface area (Å²) in [5.41, 5.74) is 2.41. The summed E-state index contributed by atoms with van der Waals surface area (Å²) in [4.78, 5) is 0.142. The van der Waals surface area contributed by atoms with E-state index >= 15 is 0 Å². The summed E-state index contributed by atoms with van der Waals surface area (Å²) in [6, 6.07) is 6.50. The Morgan fingerprint density at radius 2 is 2.05 bits per heavy atom. The highest BCUT2D eigenvalue weighted by Gasteiger charge is 2.38. The maximum absolute atomic E-state index is 12.3. The Hall–Kier alpha value is -1.15. The predicted octanol–water partition coefficient (Wildman–Crippen LogP) is 0.820. The van der Waals surface area contributed by atoms with Gasteiger partial charge in [0.15, 0.2) is 0 Å². The van der Waals surface area contributed by atoms with Crippen molar-refractivity contribution >= 4 is 15.7 Å². The molecule has 1 aliphatic carbocycles. The minimum atomic E-state index is -3.60. The van der Waals surface area contributed by atoms with Gasteiger partial charge < -0.3 is 10.2 Å². The van der Waals surface area contributed by atoms with Crippen LogP contribution in [0.15, 0.2) is 29.2 Å². The maximum Gasteiger partial charge on any atom is 0.242 e. The number of benzene rings is 1. The van der Waals surface area contributed by atoms with Crippen LogP contribution in [0.1, 0.15) is 19.3 Å². The fourth-order valence-electron chi connectivity index (χ4n) is 2.15. The maximum atomic E-state index is 12.3. The van der Waals surface area contributed by atoms with Crippen molar-refractivity contribution in [1.29, 1.82) is 0 Å². The van der Waals surface area contributed by atoms with Gasteiger partial charge in [0.2, 0.25) is 10.0 Å². The molecule has 1 saturated carbocycles. The number of nitrogens with one attached hydrogen (secondary N) is 2. The number of para-hydroxylation sites is 1. The normalized spacial score (nSPS) is 17.8. The number of nitrogens with two attached hydrogens (primary N) is 1. The monoisotopic (exact) mass is 285 g/mol. The number of hydrazine groups is 1. The van der Waals surface area contributed by atoms with E-state index in [2.05, 4.69) is 10.1 Å². The van der Waals surface area contributed by atoms with Gasteiger partial charge in [-0.2, -0.15) is 0 Å². The predicted molar refractivity (Wildman–Crippen MR) is 73.0 cm³/mol. The van der Waals surface area contributed by atoms with Crippen molar-refractivity contribution in [1.82, 2.24) is 4.72 Å². The molecule has 1 fully saturated rings. The molecule has 0 saturated heterocycles. The average Bonchev–Trinajstić information content (AvgIpc) is 2.38. The van der Waals surface area contributed by atoms with Gasteiger partial charge in [-0.25, -0.2) is 13.1 Å². The molecule has 0 amide bonds. The Balaban J connectivity index is 2.14. The molecule has 0 atom stereocenters. The molecule has 19 heavy (non-hydrogen) atoms. The molecule has 1 aromatic rings. The second-order valence-corrected chi connectivity index (χ2v) is 6.44. The molecule has 0 radical (unpaired) electrons. The Morgan fingerprint density at radius 1 is 1.37 bits per heavy atom. The van der Waals surface area contributed by atoms with E-state index in [0.717, 1.165) is 19.3 Å². The summed E-state index contributed by atoms with van der Waals surface area (Å²) >= 11 is 0. The molecule has 7 heteroatoms. The molecular weight excluding hydrogens is 266 g/mol. The number of anilines is 1. The lowest BCUT2D eigenvalue weighted by molar-refractivity contribution is -0.0659. The SMILES string of the molecule is COC1(CNS(=O)(=O)c2ccccc2NN)CCC1. The van der Waals surface area contributed by atoms with Gasteiger partial charge in [-0.1, -0.05) is 12.1 Å². The van der Waals surface area contributed by atoms with Gasteiger partial charge in [-0.15, -0.1) is 0 Å². The molecule has 0 aliphatic heterocycles. The Morgan fingerprint density at radius 3 is 2.58 bits per heavy atom. The van der Waals surface area contributed by atoms with Gasteiger partial charge >= 0.3 is 0 Å². The van der Waals surface area contributed by atoms with Gasteiger partial charge in [0.05, 0.1) is 11.3 Å². The zero-order valence-electron chi connectivity index (χ0n) is 10.8. The molecule has 0 spiro atoms. The molecule has 1 aromatic carbocycles. The van der Waals surface area contributed by atoms with Crippen molar-refractivity contribution < 1.29 is 13.2 Å². The van der Waals surface area contributed by atoms with Crippen molar-refractivity contribution in [3.8, 4) is 0 Å². The van der Waals surface area contributed by atoms with E-state index in [-0.39, 0.29) is 17.0 Å². The first-order valence-corrected chi connectivity index (χ1v) is 7.62. The number of rotatable bonds is 6. The van der Waals surface area contributed by atoms with Crippen LogP contribution in [0.25, 0.3) is 0 Å². The fraction of sp³-hybridized carbons (Fsp3) is 0.500. The standard InChI is InChI=1S/C12H19N3O3S/c1-18-12(7-4-8-12)9-14-19(16,17)11-6-3-2-5-10(11)15-13/h2-3,5-6,14-15H,4,7-9,13H2,1H3. The third-order valence-electron chi connectivity index (χ3n) is 3.61. The molecule has 2 rings (SSSR count). The third kappa shape index (κ3) is 2.89. The summed E-state index contributed by atoms with van der Waals surface area (Å²) in [6.45, 7) is 0.282. The molecule has 4 N–H and O–H groups in total. The van der Waals surface area contributed by atoms with Crippen LogP contribution in [-0.2, 0) is 14.8 Å². The van der Waals surface area contributed by atoms with E-state index in [9.17, 15) is 8.42 Å². The summed E-state index contributed by atoms with van der Waals surface area (Å²) in [6.07, 6.45) is 2.82. The molecule has 0 bridgehead atoms. The Labute approximate surface area is 113 Å². The average molecular weight is 285 g/mol. The molecular formula is C12H19N3O3S. The van der Waals surface area contributed by atoms with E-state index in [4.69, 9.17) is 10.6 Å². The highest BCUT2D eigenvalue weighted by atomic mass is 32.2. The highest BCUT2D eigenvalue weighted by molar-refractivity contribution is 7.89. The Kier molecular flexibility index (Phi) is 4.10. The second kappa shape index (κ2) is 5.46. The quantitative estimate of drug-likeness (QED) is 0.531. The van der Waals surface area contributed by atoms with Gasteiger partial charge in [-0.05, 0) is 31.4 Å². The summed E-state index contributed by atoms with van der Waals surface area (Å²) in [5.74, 6) is 5.33. The summed E-state index contributed by atoms with van der Waals surface area (Å²) in [5, 5.41) is 0. The summed E-state index contributed by atoms with van der Waals surface area (Å²) < 4.78 is 32.5. The van der Waals surface area contributed by atoms with E-state index in [0.29, 0.717) is 5.69 Å². The Bertz CT molecular complexity index is 535. The molecule has 6 nitrogen and oxygen atoms in total. The number of hydrogen-bond acceptors (Lipinski definition) is 5. The van der Waals surface area contributed by atoms with Crippen molar-refractivity contribution in [2.24, 2.45) is 5.84 Å². The number of nitrogen functional groups attached to an aromatic ring is 1. The van der Waals surface area contributed by atoms with Crippen molar-refractivity contribution in [2.75, 3.05) is 19.1 Å². The highest BCUT2D eigenvalue weighted by Crippen LogP contribution is 2.34. The largest absolute Gasteiger partial charge is 0.377 e. The lowest BCUT2D eigenvalue weighted by Gasteiger charge is -2.40. The van der Waals surface area contributed by atoms with E-state index in [1.165, 1.54) is 6.07 Å². The minimum absolute atomic E-state index is 0.142. The molecule has 0 unspecified atom stereocenters. The molecule has 0 aromatic heterocycles. The first kappa shape index (κ1) is 14.3. The van der Waals surface area contributed by atoms with Crippen LogP contribution in [0.2, 0.25) is 0 Å². The van der Waals surface area contributed by atoms with E-state index < -0.39 is 10.0 Å². The lowest BCUT2D eigenvalue weighted by atomic mass is 9.80. The van der Waals surface area contributed by atoms with Crippen LogP contribution in [-0.4, -0.2) is 27.7 Å². The van der Waals surface area contributed by atoms with Gasteiger partial charge in [0, 0.05) is 13.7 Å². The van der Waals surface area contributed by atoms with Crippen LogP contribution in [0.4, 0.5) is 5.69 Å². The fourth-order valence-corrected chi connectivity index (χ4v) is 3.43. The van der Waals surface area contributed by atoms with Gasteiger partial charge in [-0.3, -0.25) is 5.84 Å². The summed E-state index contributed by atoms with van der Waals surface area (Å²) in [7, 11) is -1.98. The van der Waals surface area contributed by atoms with Gasteiger partial charge in [0.25, 0.3) is 0 Å². The zero-order valence-corrected chi connectivity index (χ0v) is 11.7. The number of hydrogen-bond donors (Lipinski definition) is 3. The van der Waals surface area contributed by atoms with Gasteiger partial charge in [0.1, 0.15) is 4.90 Å². The first-order valence-electron chi connectivity index (χ1n) is 6.13. The third-order valence-corrected chi connectivity index (χ3v) is 5.07. The van der Waals surface area contributed by atoms with Crippen molar-refractivity contribution in [3.63, 3.8) is 0 Å². The number of methoxy groups -OCH3 is 1. The van der Waals surface area contributed by atoms with Crippen LogP contribution >= 0.6 is 0 Å². The van der Waals surface area contributed by atoms with E-state index in [1.54, 1.807) is 25.3 Å². The van der Waals surface area contributed by atoms with Crippen molar-refractivity contribution in [2.45, 2.75) is 29.8 Å². The molecule has 0 heterocycles. The molecule has 1 aliphatic rings. The van der Waals surface area contributed by atoms with Crippen LogP contribution < -0.4 is 16.0 Å². The first-order chi connectivity index (χ1) is 9.03. The number of ether oxygens (including phenoxy) is 1. The van der Waals surface area contributed by atoms with Crippen molar-refractivity contribution in [3.05, 3.63) is 24.3 Å². The van der Waals surface area contributed by atoms with E-state index in [1.807, 2.05) is 0 Å². The molecule has 106 valence electrons.